The molecule has 9 nitrogen and oxygen atoms in total. The summed E-state index contributed by atoms with van der Waals surface area (Å²) >= 11 is 0. The molecule has 1 aliphatic rings. The lowest BCUT2D eigenvalue weighted by Crippen LogP contribution is -2.46. The third kappa shape index (κ3) is 8.07. The number of Topliss-reactive ketones (excluding diaryl/α,β-unsaturated/α-hetero) is 1. The summed E-state index contributed by atoms with van der Waals surface area (Å²) in [4.78, 5) is 40.4. The van der Waals surface area contributed by atoms with E-state index in [0.29, 0.717) is 40.2 Å². The Hall–Kier alpha value is -3.40. The van der Waals surface area contributed by atoms with Crippen molar-refractivity contribution < 1.29 is 36.8 Å². The molecule has 2 heterocycles. The summed E-state index contributed by atoms with van der Waals surface area (Å²) in [5.41, 5.74) is 1.54. The number of likely N-dealkylation sites (tertiary alicyclic amines) is 1. The summed E-state index contributed by atoms with van der Waals surface area (Å²) in [6.45, 7) is 6.84. The van der Waals surface area contributed by atoms with Crippen LogP contribution in [0.15, 0.2) is 42.6 Å². The summed E-state index contributed by atoms with van der Waals surface area (Å²) in [6, 6.07) is 8.66. The highest BCUT2D eigenvalue weighted by Crippen LogP contribution is 2.48. The molecule has 0 spiro atoms. The maximum Gasteiger partial charge on any atom is 0.361 e. The molecule has 3 aromatic rings. The molecule has 12 heteroatoms. The van der Waals surface area contributed by atoms with Crippen LogP contribution in [0.4, 0.5) is 8.78 Å². The number of ketones is 1. The van der Waals surface area contributed by atoms with Crippen molar-refractivity contribution in [2.45, 2.75) is 85.1 Å². The SMILES string of the molecule is CCCCOP(=O)(OCCCC)c1ccc2c(C(C)=O)cn(CC(=O)N3C[C@H](F)C[C@H]3C(=O)NCc3cccc(C)c3F)c2c1. The molecule has 2 atom stereocenters. The van der Waals surface area contributed by atoms with E-state index in [1.54, 1.807) is 47.9 Å². The molecule has 1 aromatic heterocycles. The van der Waals surface area contributed by atoms with Crippen molar-refractivity contribution in [3.63, 3.8) is 0 Å². The number of benzene rings is 2. The van der Waals surface area contributed by atoms with E-state index in [9.17, 15) is 27.7 Å². The molecule has 1 saturated heterocycles. The lowest BCUT2D eigenvalue weighted by atomic mass is 10.1. The summed E-state index contributed by atoms with van der Waals surface area (Å²) in [6.07, 6.45) is 3.03. The first kappa shape index (κ1) is 34.5. The number of hydrogen-bond donors (Lipinski definition) is 1. The van der Waals surface area contributed by atoms with Crippen molar-refractivity contribution in [3.05, 3.63) is 65.1 Å². The largest absolute Gasteiger partial charge is 0.361 e. The van der Waals surface area contributed by atoms with E-state index >= 15 is 0 Å². The van der Waals surface area contributed by atoms with Gasteiger partial charge in [0.15, 0.2) is 5.78 Å². The Morgan fingerprint density at radius 2 is 1.76 bits per heavy atom. The lowest BCUT2D eigenvalue weighted by molar-refractivity contribution is -0.139. The van der Waals surface area contributed by atoms with E-state index in [1.165, 1.54) is 18.0 Å². The molecular weight excluding hydrogens is 603 g/mol. The molecule has 244 valence electrons. The number of hydrogen-bond acceptors (Lipinski definition) is 6. The number of nitrogens with zero attached hydrogens (tertiary/aromatic N) is 2. The highest BCUT2D eigenvalue weighted by molar-refractivity contribution is 7.62. The number of amides is 2. The number of aryl methyl sites for hydroxylation is 1. The zero-order valence-corrected chi connectivity index (χ0v) is 27.2. The van der Waals surface area contributed by atoms with Crippen molar-refractivity contribution in [1.82, 2.24) is 14.8 Å². The zero-order valence-electron chi connectivity index (χ0n) is 26.3. The number of alkyl halides is 1. The molecule has 1 aliphatic heterocycles. The molecule has 0 unspecified atom stereocenters. The molecule has 45 heavy (non-hydrogen) atoms. The number of unbranched alkanes of at least 4 members (excludes halogenated alkanes) is 2. The predicted octanol–water partition coefficient (Wildman–Crippen LogP) is 6.00. The van der Waals surface area contributed by atoms with E-state index in [1.807, 2.05) is 13.8 Å². The molecule has 0 bridgehead atoms. The van der Waals surface area contributed by atoms with Crippen LogP contribution in [0.5, 0.6) is 0 Å². The second-order valence-corrected chi connectivity index (χ2v) is 13.5. The third-order valence-electron chi connectivity index (χ3n) is 7.98. The molecule has 0 saturated carbocycles. The highest BCUT2D eigenvalue weighted by atomic mass is 31.2. The van der Waals surface area contributed by atoms with Gasteiger partial charge in [0.2, 0.25) is 11.8 Å². The van der Waals surface area contributed by atoms with Crippen molar-refractivity contribution in [3.8, 4) is 0 Å². The van der Waals surface area contributed by atoms with Crippen LogP contribution in [0, 0.1) is 12.7 Å². The van der Waals surface area contributed by atoms with Gasteiger partial charge in [0.25, 0.3) is 0 Å². The van der Waals surface area contributed by atoms with Gasteiger partial charge in [-0.2, -0.15) is 0 Å². The van der Waals surface area contributed by atoms with Crippen LogP contribution in [0.3, 0.4) is 0 Å². The Morgan fingerprint density at radius 3 is 2.40 bits per heavy atom. The first-order valence-corrected chi connectivity index (χ1v) is 17.0. The topological polar surface area (TPSA) is 107 Å². The second-order valence-electron chi connectivity index (χ2n) is 11.5. The molecule has 0 radical (unpaired) electrons. The van der Waals surface area contributed by atoms with Crippen LogP contribution in [0.2, 0.25) is 0 Å². The quantitative estimate of drug-likeness (QED) is 0.124. The minimum absolute atomic E-state index is 0.102. The fourth-order valence-corrected chi connectivity index (χ4v) is 7.05. The number of halogens is 2. The number of nitrogens with one attached hydrogen (secondary N) is 1. The fourth-order valence-electron chi connectivity index (χ4n) is 5.40. The molecule has 1 N–H and O–H groups in total. The highest BCUT2D eigenvalue weighted by Gasteiger charge is 2.40. The van der Waals surface area contributed by atoms with Crippen molar-refractivity contribution in [2.75, 3.05) is 19.8 Å². The third-order valence-corrected chi connectivity index (χ3v) is 9.94. The molecule has 2 aromatic carbocycles. The predicted molar refractivity (Wildman–Crippen MR) is 169 cm³/mol. The van der Waals surface area contributed by atoms with Gasteiger partial charge in [-0.15, -0.1) is 0 Å². The Bertz CT molecular complexity index is 1580. The van der Waals surface area contributed by atoms with Crippen molar-refractivity contribution in [2.24, 2.45) is 0 Å². The minimum Gasteiger partial charge on any atom is -0.350 e. The Labute approximate surface area is 262 Å². The summed E-state index contributed by atoms with van der Waals surface area (Å²) in [7, 11) is -3.72. The Morgan fingerprint density at radius 1 is 1.07 bits per heavy atom. The van der Waals surface area contributed by atoms with Gasteiger partial charge in [-0.25, -0.2) is 8.78 Å². The normalized spacial score (nSPS) is 16.8. The average Bonchev–Trinajstić information content (AvgIpc) is 3.58. The van der Waals surface area contributed by atoms with Gasteiger partial charge in [0.05, 0.1) is 30.6 Å². The number of fused-ring (bicyclic) bond motifs is 1. The maximum atomic E-state index is 14.6. The van der Waals surface area contributed by atoms with Crippen molar-refractivity contribution in [1.29, 1.82) is 0 Å². The van der Waals surface area contributed by atoms with E-state index in [-0.39, 0.29) is 50.6 Å². The van der Waals surface area contributed by atoms with Gasteiger partial charge in [-0.3, -0.25) is 18.9 Å². The van der Waals surface area contributed by atoms with Gasteiger partial charge >= 0.3 is 7.60 Å². The standard InChI is InChI=1S/C33H42F2N3O6P/c1-5-7-14-43-45(42,44-15-8-6-2)26-12-13-27-28(23(4)39)20-37(29(27)17-26)21-31(40)38-19-25(34)16-30(38)33(41)36-18-24-11-9-10-22(3)32(24)35/h9-13,17,20,25,30H,5-8,14-16,18-19,21H2,1-4H3,(H,36,41)/t25-,30+/m1/s1. The van der Waals surface area contributed by atoms with Crippen LogP contribution < -0.4 is 10.6 Å². The van der Waals surface area contributed by atoms with Crippen LogP contribution >= 0.6 is 7.60 Å². The van der Waals surface area contributed by atoms with Crippen LogP contribution in [-0.2, 0) is 36.3 Å². The summed E-state index contributed by atoms with van der Waals surface area (Å²) < 4.78 is 56.2. The van der Waals surface area contributed by atoms with Gasteiger partial charge in [0, 0.05) is 35.7 Å². The fraction of sp³-hybridized carbons (Fsp3) is 0.485. The second kappa shape index (κ2) is 15.3. The van der Waals surface area contributed by atoms with Gasteiger partial charge in [-0.1, -0.05) is 51.0 Å². The average molecular weight is 646 g/mol. The Balaban J connectivity index is 1.60. The van der Waals surface area contributed by atoms with Gasteiger partial charge in [-0.05, 0) is 44.4 Å². The zero-order chi connectivity index (χ0) is 32.7. The summed E-state index contributed by atoms with van der Waals surface area (Å²) in [5, 5.41) is 3.49. The number of aromatic nitrogens is 1. The number of carbonyl (C=O) groups excluding carboxylic acids is 3. The number of carbonyl (C=O) groups is 3. The first-order chi connectivity index (χ1) is 21.5. The van der Waals surface area contributed by atoms with Gasteiger partial charge < -0.3 is 23.8 Å². The first-order valence-electron chi connectivity index (χ1n) is 15.5. The van der Waals surface area contributed by atoms with Crippen LogP contribution in [0.1, 0.15) is 74.4 Å². The van der Waals surface area contributed by atoms with Crippen molar-refractivity contribution >= 4 is 41.4 Å². The molecule has 2 amide bonds. The maximum absolute atomic E-state index is 14.6. The van der Waals surface area contributed by atoms with Crippen LogP contribution in [0.25, 0.3) is 10.9 Å². The van der Waals surface area contributed by atoms with Crippen LogP contribution in [-0.4, -0.2) is 59.0 Å². The number of rotatable bonds is 15. The van der Waals surface area contributed by atoms with E-state index in [2.05, 4.69) is 5.32 Å². The molecule has 0 aliphatic carbocycles. The summed E-state index contributed by atoms with van der Waals surface area (Å²) in [5.74, 6) is -1.78. The molecular formula is C33H42F2N3O6P. The Kier molecular flexibility index (Phi) is 11.7. The smallest absolute Gasteiger partial charge is 0.350 e. The molecule has 4 rings (SSSR count). The lowest BCUT2D eigenvalue weighted by Gasteiger charge is -2.24. The molecule has 1 fully saturated rings. The van der Waals surface area contributed by atoms with E-state index < -0.39 is 37.4 Å². The van der Waals surface area contributed by atoms with Gasteiger partial charge in [0.1, 0.15) is 24.6 Å². The monoisotopic (exact) mass is 645 g/mol. The minimum atomic E-state index is -3.72. The van der Waals surface area contributed by atoms with E-state index in [4.69, 9.17) is 9.05 Å². The van der Waals surface area contributed by atoms with E-state index in [0.717, 1.165) is 12.8 Å².